The lowest BCUT2D eigenvalue weighted by molar-refractivity contribution is -0.161. The van der Waals surface area contributed by atoms with Crippen LogP contribution in [0.1, 0.15) is 299 Å². The number of carbonyl (C=O) groups is 4. The van der Waals surface area contributed by atoms with Gasteiger partial charge in [0.25, 0.3) is 0 Å². The maximum atomic E-state index is 13.0. The topological polar surface area (TPSA) is 237 Å². The first-order chi connectivity index (χ1) is 39.1. The summed E-state index contributed by atoms with van der Waals surface area (Å²) in [5.74, 6) is 0.673. The third-order valence-electron chi connectivity index (χ3n) is 14.3. The SMILES string of the molecule is CC(C)CCCCCCCCCCCCCC(=O)O[C@H](COC(=O)CCCCCCCCCC(C)C)COP(=O)(O)OC[C@@H](O)COP(=O)(O)OC[C@@H](COC(=O)CCCCCCCCC(C)C)OC(=O)CCCCCCCCC(C)C. The standard InChI is InChI=1S/C63H122O17P2/c1-53(2)39-31-23-15-12-10-9-11-13-17-29-37-45-62(67)79-58(49-73-60(65)43-35-27-18-14-16-24-32-40-54(3)4)51-77-81(69,70)75-47-57(64)48-76-82(71,72)78-52-59(80-63(68)46-38-30-22-20-26-34-42-56(7)8)50-74-61(66)44-36-28-21-19-25-33-41-55(5)6/h53-59,64H,9-52H2,1-8H3,(H,69,70)(H,71,72)/t57-,58-,59-/m1/s1. The Kier molecular flexibility index (Phi) is 52.0. The second kappa shape index (κ2) is 53.3. The van der Waals surface area contributed by atoms with Crippen molar-refractivity contribution < 1.29 is 80.2 Å². The van der Waals surface area contributed by atoms with Gasteiger partial charge in [-0.15, -0.1) is 0 Å². The quantitative estimate of drug-likeness (QED) is 0.0222. The van der Waals surface area contributed by atoms with Gasteiger partial charge < -0.3 is 33.8 Å². The molecule has 0 fully saturated rings. The zero-order valence-corrected chi connectivity index (χ0v) is 54.9. The second-order valence-corrected chi connectivity index (χ2v) is 27.6. The molecule has 2 unspecified atom stereocenters. The normalized spacial score (nSPS) is 14.5. The Hall–Kier alpha value is -1.94. The molecule has 0 aliphatic carbocycles. The van der Waals surface area contributed by atoms with E-state index in [9.17, 15) is 43.2 Å². The van der Waals surface area contributed by atoms with Gasteiger partial charge >= 0.3 is 39.5 Å². The Morgan fingerprint density at radius 3 is 0.756 bits per heavy atom. The summed E-state index contributed by atoms with van der Waals surface area (Å²) in [6.45, 7) is 13.9. The number of ether oxygens (including phenoxy) is 4. The van der Waals surface area contributed by atoms with Gasteiger partial charge in [-0.05, 0) is 49.4 Å². The Bertz CT molecular complexity index is 1640. The van der Waals surface area contributed by atoms with Crippen molar-refractivity contribution >= 4 is 39.5 Å². The van der Waals surface area contributed by atoms with E-state index >= 15 is 0 Å². The first kappa shape index (κ1) is 80.1. The van der Waals surface area contributed by atoms with Gasteiger partial charge in [0, 0.05) is 25.7 Å². The zero-order valence-electron chi connectivity index (χ0n) is 53.1. The maximum Gasteiger partial charge on any atom is 0.472 e. The number of aliphatic hydroxyl groups is 1. The second-order valence-electron chi connectivity index (χ2n) is 24.7. The first-order valence-electron chi connectivity index (χ1n) is 32.7. The Morgan fingerprint density at radius 2 is 0.512 bits per heavy atom. The minimum Gasteiger partial charge on any atom is -0.462 e. The molecule has 0 saturated heterocycles. The van der Waals surface area contributed by atoms with Crippen LogP contribution >= 0.6 is 15.6 Å². The predicted molar refractivity (Wildman–Crippen MR) is 326 cm³/mol. The molecule has 0 aliphatic rings. The lowest BCUT2D eigenvalue weighted by atomic mass is 10.0. The summed E-state index contributed by atoms with van der Waals surface area (Å²) in [4.78, 5) is 72.1. The van der Waals surface area contributed by atoms with Crippen LogP contribution in [-0.2, 0) is 65.4 Å². The van der Waals surface area contributed by atoms with Crippen LogP contribution in [0, 0.1) is 23.7 Å². The summed E-state index contributed by atoms with van der Waals surface area (Å²) < 4.78 is 67.9. The largest absolute Gasteiger partial charge is 0.472 e. The monoisotopic (exact) mass is 1210 g/mol. The highest BCUT2D eigenvalue weighted by atomic mass is 31.2. The van der Waals surface area contributed by atoms with E-state index < -0.39 is 97.5 Å². The van der Waals surface area contributed by atoms with Crippen molar-refractivity contribution in [1.82, 2.24) is 0 Å². The maximum absolute atomic E-state index is 13.0. The van der Waals surface area contributed by atoms with Crippen molar-refractivity contribution in [2.45, 2.75) is 318 Å². The van der Waals surface area contributed by atoms with E-state index in [1.807, 2.05) is 0 Å². The molecule has 17 nitrogen and oxygen atoms in total. The van der Waals surface area contributed by atoms with Gasteiger partial charge in [-0.2, -0.15) is 0 Å². The number of phosphoric acid groups is 2. The van der Waals surface area contributed by atoms with Gasteiger partial charge in [0.15, 0.2) is 12.2 Å². The highest BCUT2D eigenvalue weighted by molar-refractivity contribution is 7.47. The van der Waals surface area contributed by atoms with Gasteiger partial charge in [0.1, 0.15) is 19.3 Å². The van der Waals surface area contributed by atoms with E-state index in [0.29, 0.717) is 43.4 Å². The molecule has 0 aromatic carbocycles. The van der Waals surface area contributed by atoms with Crippen molar-refractivity contribution in [2.24, 2.45) is 23.7 Å². The van der Waals surface area contributed by atoms with E-state index in [1.165, 1.54) is 89.9 Å². The molecule has 82 heavy (non-hydrogen) atoms. The lowest BCUT2D eigenvalue weighted by Gasteiger charge is -2.21. The Morgan fingerprint density at radius 1 is 0.305 bits per heavy atom. The molecule has 19 heteroatoms. The highest BCUT2D eigenvalue weighted by Gasteiger charge is 2.30. The van der Waals surface area contributed by atoms with Crippen molar-refractivity contribution in [1.29, 1.82) is 0 Å². The number of aliphatic hydroxyl groups excluding tert-OH is 1. The molecular formula is C63H122O17P2. The van der Waals surface area contributed by atoms with Gasteiger partial charge in [-0.3, -0.25) is 37.3 Å². The van der Waals surface area contributed by atoms with Crippen LogP contribution in [0.5, 0.6) is 0 Å². The first-order valence-corrected chi connectivity index (χ1v) is 35.7. The average Bonchev–Trinajstić information content (AvgIpc) is 3.41. The van der Waals surface area contributed by atoms with Crippen LogP contribution in [0.15, 0.2) is 0 Å². The summed E-state index contributed by atoms with van der Waals surface area (Å²) in [6, 6.07) is 0. The summed E-state index contributed by atoms with van der Waals surface area (Å²) in [7, 11) is -9.89. The number of rotatable bonds is 60. The summed E-state index contributed by atoms with van der Waals surface area (Å²) in [6.07, 6.45) is 32.5. The van der Waals surface area contributed by atoms with E-state index in [4.69, 9.17) is 37.0 Å². The van der Waals surface area contributed by atoms with Crippen molar-refractivity contribution in [2.75, 3.05) is 39.6 Å². The summed E-state index contributed by atoms with van der Waals surface area (Å²) >= 11 is 0. The molecule has 0 aliphatic heterocycles. The summed E-state index contributed by atoms with van der Waals surface area (Å²) in [5.41, 5.74) is 0. The molecule has 0 aromatic rings. The van der Waals surface area contributed by atoms with Crippen molar-refractivity contribution in [3.63, 3.8) is 0 Å². The molecule has 0 radical (unpaired) electrons. The average molecular weight is 1210 g/mol. The molecule has 0 heterocycles. The van der Waals surface area contributed by atoms with Gasteiger partial charge in [0.2, 0.25) is 0 Å². The van der Waals surface area contributed by atoms with Crippen LogP contribution in [0.2, 0.25) is 0 Å². The van der Waals surface area contributed by atoms with Gasteiger partial charge in [-0.1, -0.05) is 248 Å². The molecule has 3 N–H and O–H groups in total. The minimum absolute atomic E-state index is 0.100. The van der Waals surface area contributed by atoms with E-state index in [-0.39, 0.29) is 25.7 Å². The van der Waals surface area contributed by atoms with Gasteiger partial charge in [-0.25, -0.2) is 9.13 Å². The van der Waals surface area contributed by atoms with E-state index in [0.717, 1.165) is 109 Å². The molecule has 5 atom stereocenters. The zero-order chi connectivity index (χ0) is 61.1. The number of hydrogen-bond donors (Lipinski definition) is 3. The molecule has 0 saturated carbocycles. The number of unbranched alkanes of at least 4 members (excludes halogenated alkanes) is 26. The lowest BCUT2D eigenvalue weighted by Crippen LogP contribution is -2.30. The highest BCUT2D eigenvalue weighted by Crippen LogP contribution is 2.45. The number of esters is 4. The van der Waals surface area contributed by atoms with E-state index in [2.05, 4.69) is 55.4 Å². The number of hydrogen-bond acceptors (Lipinski definition) is 15. The van der Waals surface area contributed by atoms with Gasteiger partial charge in [0.05, 0.1) is 26.4 Å². The molecule has 0 spiro atoms. The molecule has 0 bridgehead atoms. The minimum atomic E-state index is -4.94. The van der Waals surface area contributed by atoms with Crippen molar-refractivity contribution in [3.8, 4) is 0 Å². The third-order valence-corrected chi connectivity index (χ3v) is 16.2. The Labute approximate surface area is 498 Å². The Balaban J connectivity index is 5.23. The fourth-order valence-electron chi connectivity index (χ4n) is 9.25. The number of carbonyl (C=O) groups excluding carboxylic acids is 4. The third kappa shape index (κ3) is 57.2. The number of phosphoric ester groups is 2. The van der Waals surface area contributed by atoms with Crippen molar-refractivity contribution in [3.05, 3.63) is 0 Å². The van der Waals surface area contributed by atoms with Crippen LogP contribution in [-0.4, -0.2) is 96.7 Å². The predicted octanol–water partition coefficient (Wildman–Crippen LogP) is 17.0. The van der Waals surface area contributed by atoms with Crippen LogP contribution in [0.3, 0.4) is 0 Å². The fraction of sp³-hybridized carbons (Fsp3) is 0.937. The molecule has 0 aromatic heterocycles. The smallest absolute Gasteiger partial charge is 0.462 e. The van der Waals surface area contributed by atoms with E-state index in [1.54, 1.807) is 0 Å². The summed E-state index contributed by atoms with van der Waals surface area (Å²) in [5, 5.41) is 10.5. The van der Waals surface area contributed by atoms with Crippen LogP contribution in [0.4, 0.5) is 0 Å². The fourth-order valence-corrected chi connectivity index (χ4v) is 10.8. The van der Waals surface area contributed by atoms with Crippen LogP contribution < -0.4 is 0 Å². The molecule has 0 rings (SSSR count). The van der Waals surface area contributed by atoms with Crippen LogP contribution in [0.25, 0.3) is 0 Å². The molecule has 486 valence electrons. The molecular weight excluding hydrogens is 1090 g/mol. The molecule has 0 amide bonds.